The van der Waals surface area contributed by atoms with Gasteiger partial charge in [-0.2, -0.15) is 0 Å². The lowest BCUT2D eigenvalue weighted by Gasteiger charge is -2.06. The summed E-state index contributed by atoms with van der Waals surface area (Å²) in [6.45, 7) is 0.990. The summed E-state index contributed by atoms with van der Waals surface area (Å²) in [6, 6.07) is 10.0. The van der Waals surface area contributed by atoms with Crippen LogP contribution in [-0.2, 0) is 16.4 Å². The lowest BCUT2D eigenvalue weighted by Crippen LogP contribution is -2.22. The van der Waals surface area contributed by atoms with E-state index in [1.54, 1.807) is 24.5 Å². The Balaban J connectivity index is 1.85. The molecule has 4 nitrogen and oxygen atoms in total. The summed E-state index contributed by atoms with van der Waals surface area (Å²) in [6.07, 6.45) is 3.45. The molecular formula is C14H15ClN2O2S. The van der Waals surface area contributed by atoms with E-state index in [0.29, 0.717) is 23.0 Å². The minimum atomic E-state index is -3.27. The lowest BCUT2D eigenvalue weighted by atomic mass is 10.3. The molecule has 1 heterocycles. The van der Waals surface area contributed by atoms with Gasteiger partial charge in [0.25, 0.3) is 0 Å². The quantitative estimate of drug-likeness (QED) is 0.832. The van der Waals surface area contributed by atoms with E-state index in [4.69, 9.17) is 11.6 Å². The second-order valence-corrected chi connectivity index (χ2v) is 6.86. The Kier molecular flexibility index (Phi) is 5.11. The molecule has 20 heavy (non-hydrogen) atoms. The molecular weight excluding hydrogens is 296 g/mol. The fraction of sp³-hybridized carbons (Fsp3) is 0.214. The summed E-state index contributed by atoms with van der Waals surface area (Å²) in [5.41, 5.74) is 1.02. The largest absolute Gasteiger partial charge is 0.312 e. The molecule has 0 spiro atoms. The van der Waals surface area contributed by atoms with E-state index in [2.05, 4.69) is 10.3 Å². The molecule has 0 saturated heterocycles. The molecule has 0 aliphatic heterocycles. The summed E-state index contributed by atoms with van der Waals surface area (Å²) in [4.78, 5) is 4.29. The first kappa shape index (κ1) is 15.0. The molecule has 1 aromatic carbocycles. The monoisotopic (exact) mass is 310 g/mol. The first-order chi connectivity index (χ1) is 9.58. The van der Waals surface area contributed by atoms with Gasteiger partial charge in [0, 0.05) is 30.5 Å². The van der Waals surface area contributed by atoms with Crippen molar-refractivity contribution in [2.45, 2.75) is 11.4 Å². The molecule has 0 aliphatic carbocycles. The van der Waals surface area contributed by atoms with E-state index in [0.717, 1.165) is 5.56 Å². The van der Waals surface area contributed by atoms with E-state index < -0.39 is 9.84 Å². The molecule has 0 fully saturated rings. The van der Waals surface area contributed by atoms with Crippen LogP contribution in [0.3, 0.4) is 0 Å². The molecule has 0 aliphatic rings. The van der Waals surface area contributed by atoms with E-state index >= 15 is 0 Å². The van der Waals surface area contributed by atoms with Crippen molar-refractivity contribution < 1.29 is 8.42 Å². The smallest absolute Gasteiger partial charge is 0.179 e. The number of pyridine rings is 1. The topological polar surface area (TPSA) is 59.1 Å². The maximum atomic E-state index is 12.1. The van der Waals surface area contributed by atoms with Crippen molar-refractivity contribution in [2.24, 2.45) is 0 Å². The molecule has 0 unspecified atom stereocenters. The van der Waals surface area contributed by atoms with Gasteiger partial charge in [0.1, 0.15) is 0 Å². The number of nitrogens with zero attached hydrogens (tertiary/aromatic N) is 1. The van der Waals surface area contributed by atoms with Crippen molar-refractivity contribution in [1.82, 2.24) is 10.3 Å². The highest BCUT2D eigenvalue weighted by Crippen LogP contribution is 2.15. The fourth-order valence-corrected chi connectivity index (χ4v) is 3.03. The van der Waals surface area contributed by atoms with Crippen molar-refractivity contribution in [3.05, 3.63) is 59.4 Å². The number of nitrogens with one attached hydrogen (secondary N) is 1. The number of sulfone groups is 1. The van der Waals surface area contributed by atoms with Gasteiger partial charge in [0.15, 0.2) is 9.84 Å². The highest BCUT2D eigenvalue weighted by Gasteiger charge is 2.13. The van der Waals surface area contributed by atoms with Crippen molar-refractivity contribution in [3.8, 4) is 0 Å². The Labute approximate surface area is 123 Å². The van der Waals surface area contributed by atoms with E-state index in [-0.39, 0.29) is 5.75 Å². The van der Waals surface area contributed by atoms with Crippen LogP contribution in [0.5, 0.6) is 0 Å². The Hall–Kier alpha value is -1.43. The van der Waals surface area contributed by atoms with Crippen LogP contribution in [0.1, 0.15) is 5.56 Å². The maximum absolute atomic E-state index is 12.1. The minimum absolute atomic E-state index is 0.0505. The summed E-state index contributed by atoms with van der Waals surface area (Å²) >= 11 is 5.74. The SMILES string of the molecule is O=S(=O)(CCNCc1cccnc1)c1ccc(Cl)cc1. The number of halogens is 1. The third-order valence-electron chi connectivity index (χ3n) is 2.77. The van der Waals surface area contributed by atoms with Crippen LogP contribution in [0.4, 0.5) is 0 Å². The Morgan fingerprint density at radius 3 is 2.55 bits per heavy atom. The summed E-state index contributed by atoms with van der Waals surface area (Å²) in [5, 5.41) is 3.62. The first-order valence-corrected chi connectivity index (χ1v) is 8.19. The average molecular weight is 311 g/mol. The van der Waals surface area contributed by atoms with E-state index in [1.165, 1.54) is 12.1 Å². The van der Waals surface area contributed by atoms with Gasteiger partial charge in [-0.15, -0.1) is 0 Å². The predicted octanol–water partition coefficient (Wildman–Crippen LogP) is 2.30. The standard InChI is InChI=1S/C14H15ClN2O2S/c15-13-3-5-14(6-4-13)20(18,19)9-8-17-11-12-2-1-7-16-10-12/h1-7,10,17H,8-9,11H2. The molecule has 0 bridgehead atoms. The van der Waals surface area contributed by atoms with Crippen LogP contribution in [0.2, 0.25) is 5.02 Å². The highest BCUT2D eigenvalue weighted by molar-refractivity contribution is 7.91. The van der Waals surface area contributed by atoms with Crippen LogP contribution < -0.4 is 5.32 Å². The Bertz CT molecular complexity index is 643. The van der Waals surface area contributed by atoms with E-state index in [1.807, 2.05) is 12.1 Å². The third kappa shape index (κ3) is 4.30. The third-order valence-corrected chi connectivity index (χ3v) is 4.76. The highest BCUT2D eigenvalue weighted by atomic mass is 35.5. The average Bonchev–Trinajstić information content (AvgIpc) is 2.45. The van der Waals surface area contributed by atoms with Gasteiger partial charge in [-0.05, 0) is 35.9 Å². The number of aromatic nitrogens is 1. The summed E-state index contributed by atoms with van der Waals surface area (Å²) in [7, 11) is -3.27. The van der Waals surface area contributed by atoms with Crippen molar-refractivity contribution >= 4 is 21.4 Å². The normalized spacial score (nSPS) is 11.4. The van der Waals surface area contributed by atoms with Crippen molar-refractivity contribution in [2.75, 3.05) is 12.3 Å². The Morgan fingerprint density at radius 2 is 1.90 bits per heavy atom. The zero-order chi connectivity index (χ0) is 14.4. The molecule has 0 radical (unpaired) electrons. The van der Waals surface area contributed by atoms with Gasteiger partial charge in [-0.1, -0.05) is 17.7 Å². The second kappa shape index (κ2) is 6.83. The van der Waals surface area contributed by atoms with Gasteiger partial charge < -0.3 is 5.32 Å². The van der Waals surface area contributed by atoms with Gasteiger partial charge in [0.2, 0.25) is 0 Å². The predicted molar refractivity (Wildman–Crippen MR) is 79.4 cm³/mol. The van der Waals surface area contributed by atoms with Gasteiger partial charge in [0.05, 0.1) is 10.6 Å². The van der Waals surface area contributed by atoms with Crippen molar-refractivity contribution in [1.29, 1.82) is 0 Å². The van der Waals surface area contributed by atoms with Crippen LogP contribution >= 0.6 is 11.6 Å². The van der Waals surface area contributed by atoms with Crippen LogP contribution in [-0.4, -0.2) is 25.7 Å². The van der Waals surface area contributed by atoms with Crippen LogP contribution in [0, 0.1) is 0 Å². The van der Waals surface area contributed by atoms with Gasteiger partial charge in [-0.25, -0.2) is 8.42 Å². The fourth-order valence-electron chi connectivity index (χ4n) is 1.70. The summed E-state index contributed by atoms with van der Waals surface area (Å²) < 4.78 is 24.1. The number of hydrogen-bond donors (Lipinski definition) is 1. The van der Waals surface area contributed by atoms with Crippen LogP contribution in [0.25, 0.3) is 0 Å². The second-order valence-electron chi connectivity index (χ2n) is 4.31. The molecule has 106 valence electrons. The first-order valence-electron chi connectivity index (χ1n) is 6.16. The van der Waals surface area contributed by atoms with Crippen LogP contribution in [0.15, 0.2) is 53.7 Å². The molecule has 2 aromatic rings. The zero-order valence-electron chi connectivity index (χ0n) is 10.8. The van der Waals surface area contributed by atoms with Crippen molar-refractivity contribution in [3.63, 3.8) is 0 Å². The number of hydrogen-bond acceptors (Lipinski definition) is 4. The zero-order valence-corrected chi connectivity index (χ0v) is 12.4. The molecule has 6 heteroatoms. The molecule has 0 amide bonds. The molecule has 1 N–H and O–H groups in total. The maximum Gasteiger partial charge on any atom is 0.179 e. The Morgan fingerprint density at radius 1 is 1.15 bits per heavy atom. The number of benzene rings is 1. The minimum Gasteiger partial charge on any atom is -0.312 e. The molecule has 0 saturated carbocycles. The van der Waals surface area contributed by atoms with E-state index in [9.17, 15) is 8.42 Å². The molecule has 1 aromatic heterocycles. The van der Waals surface area contributed by atoms with Gasteiger partial charge in [-0.3, -0.25) is 4.98 Å². The summed E-state index contributed by atoms with van der Waals surface area (Å²) in [5.74, 6) is 0.0505. The molecule has 0 atom stereocenters. The van der Waals surface area contributed by atoms with Gasteiger partial charge >= 0.3 is 0 Å². The molecule has 2 rings (SSSR count). The lowest BCUT2D eigenvalue weighted by molar-refractivity contribution is 0.590. The number of rotatable bonds is 6.